The van der Waals surface area contributed by atoms with Gasteiger partial charge in [-0.1, -0.05) is 146 Å². The van der Waals surface area contributed by atoms with Crippen LogP contribution in [0.25, 0.3) is 54.9 Å². The largest absolute Gasteiger partial charge is 0.457 e. The third kappa shape index (κ3) is 3.40. The number of rotatable bonds is 2. The Balaban J connectivity index is 1.16. The van der Waals surface area contributed by atoms with Crippen LogP contribution in [0.5, 0.6) is 11.5 Å². The second-order valence-corrected chi connectivity index (χ2v) is 12.4. The summed E-state index contributed by atoms with van der Waals surface area (Å²) in [5, 5.41) is 5.12. The molecule has 0 bridgehead atoms. The minimum absolute atomic E-state index is 0.461. The normalized spacial score (nSPS) is 13.6. The van der Waals surface area contributed by atoms with Gasteiger partial charge in [0.1, 0.15) is 11.5 Å². The first-order valence-electron chi connectivity index (χ1n) is 15.9. The number of para-hydroxylation sites is 1. The Labute approximate surface area is 268 Å². The van der Waals surface area contributed by atoms with Gasteiger partial charge in [0.25, 0.3) is 0 Å². The van der Waals surface area contributed by atoms with Gasteiger partial charge in [-0.25, -0.2) is 0 Å². The molecule has 214 valence electrons. The van der Waals surface area contributed by atoms with Gasteiger partial charge in [0, 0.05) is 11.1 Å². The summed E-state index contributed by atoms with van der Waals surface area (Å²) in [7, 11) is 0. The lowest BCUT2D eigenvalue weighted by atomic mass is 9.66. The van der Waals surface area contributed by atoms with Crippen molar-refractivity contribution >= 4 is 21.5 Å². The van der Waals surface area contributed by atoms with Crippen LogP contribution in [0.2, 0.25) is 0 Å². The molecule has 0 N–H and O–H groups in total. The standard InChI is InChI=1S/C45H28O/c1-2-12-33-32(11-1)27-38(35-14-4-3-13-34(33)35)30-23-21-29(22-24-30)31-25-26-44-42(28-31)45(41-19-9-10-20-43(41)46-44)39-17-7-5-15-36(39)37-16-6-8-18-40(37)45/h1-28H. The molecule has 46 heavy (non-hydrogen) atoms. The molecule has 1 nitrogen and oxygen atoms in total. The van der Waals surface area contributed by atoms with Gasteiger partial charge in [-0.05, 0) is 90.3 Å². The summed E-state index contributed by atoms with van der Waals surface area (Å²) < 4.78 is 6.64. The van der Waals surface area contributed by atoms with E-state index in [1.807, 2.05) is 0 Å². The molecular weight excluding hydrogens is 556 g/mol. The SMILES string of the molecule is c1ccc2c(c1)Oc1ccc(-c3ccc(-c4cc5ccccc5c5ccccc45)cc3)cc1C21c2ccccc2-c2ccccc21. The smallest absolute Gasteiger partial charge is 0.132 e. The van der Waals surface area contributed by atoms with Gasteiger partial charge in [-0.2, -0.15) is 0 Å². The van der Waals surface area contributed by atoms with Crippen molar-refractivity contribution in [1.29, 1.82) is 0 Å². The van der Waals surface area contributed by atoms with E-state index in [4.69, 9.17) is 4.74 Å². The highest BCUT2D eigenvalue weighted by molar-refractivity contribution is 6.13. The Morgan fingerprint density at radius 1 is 0.326 bits per heavy atom. The molecule has 1 spiro atoms. The molecule has 0 fully saturated rings. The van der Waals surface area contributed by atoms with Crippen LogP contribution in [0.4, 0.5) is 0 Å². The van der Waals surface area contributed by atoms with Gasteiger partial charge >= 0.3 is 0 Å². The van der Waals surface area contributed by atoms with Crippen LogP contribution in [0, 0.1) is 0 Å². The average molecular weight is 585 g/mol. The van der Waals surface area contributed by atoms with Crippen LogP contribution in [0.15, 0.2) is 170 Å². The minimum atomic E-state index is -0.461. The Kier molecular flexibility index (Phi) is 5.27. The molecule has 0 saturated carbocycles. The number of benzene rings is 8. The molecule has 1 aliphatic heterocycles. The van der Waals surface area contributed by atoms with E-state index >= 15 is 0 Å². The van der Waals surface area contributed by atoms with Crippen molar-refractivity contribution in [2.75, 3.05) is 0 Å². The highest BCUT2D eigenvalue weighted by atomic mass is 16.5. The van der Waals surface area contributed by atoms with Crippen LogP contribution in [0.3, 0.4) is 0 Å². The molecule has 0 atom stereocenters. The molecule has 0 saturated heterocycles. The molecule has 0 amide bonds. The topological polar surface area (TPSA) is 9.23 Å². The van der Waals surface area contributed by atoms with Gasteiger partial charge in [0.15, 0.2) is 0 Å². The van der Waals surface area contributed by atoms with Crippen molar-refractivity contribution in [2.45, 2.75) is 5.41 Å². The number of fused-ring (bicyclic) bond motifs is 12. The second kappa shape index (κ2) is 9.54. The van der Waals surface area contributed by atoms with Crippen molar-refractivity contribution in [3.05, 3.63) is 192 Å². The van der Waals surface area contributed by atoms with Crippen LogP contribution < -0.4 is 4.74 Å². The molecule has 0 aromatic heterocycles. The fraction of sp³-hybridized carbons (Fsp3) is 0.0222. The predicted octanol–water partition coefficient (Wildman–Crippen LogP) is 11.8. The maximum absolute atomic E-state index is 6.64. The van der Waals surface area contributed by atoms with E-state index in [2.05, 4.69) is 170 Å². The summed E-state index contributed by atoms with van der Waals surface area (Å²) >= 11 is 0. The van der Waals surface area contributed by atoms with Crippen molar-refractivity contribution in [1.82, 2.24) is 0 Å². The second-order valence-electron chi connectivity index (χ2n) is 12.4. The quantitative estimate of drug-likeness (QED) is 0.184. The summed E-state index contributed by atoms with van der Waals surface area (Å²) in [6.45, 7) is 0. The zero-order valence-electron chi connectivity index (χ0n) is 25.1. The van der Waals surface area contributed by atoms with Gasteiger partial charge < -0.3 is 4.74 Å². The Morgan fingerprint density at radius 3 is 1.63 bits per heavy atom. The summed E-state index contributed by atoms with van der Waals surface area (Å²) in [6.07, 6.45) is 0. The van der Waals surface area contributed by atoms with Gasteiger partial charge in [0.05, 0.1) is 5.41 Å². The number of ether oxygens (including phenoxy) is 1. The fourth-order valence-corrected chi connectivity index (χ4v) is 8.17. The van der Waals surface area contributed by atoms with Crippen LogP contribution >= 0.6 is 0 Å². The first-order valence-corrected chi connectivity index (χ1v) is 15.9. The minimum Gasteiger partial charge on any atom is -0.457 e. The zero-order chi connectivity index (χ0) is 30.2. The molecule has 8 aromatic carbocycles. The molecule has 0 unspecified atom stereocenters. The summed E-state index contributed by atoms with van der Waals surface area (Å²) in [6, 6.07) is 61.9. The first kappa shape index (κ1) is 25.4. The summed E-state index contributed by atoms with van der Waals surface area (Å²) in [5.41, 5.74) is 12.0. The molecule has 8 aromatic rings. The average Bonchev–Trinajstić information content (AvgIpc) is 3.42. The summed E-state index contributed by atoms with van der Waals surface area (Å²) in [5.74, 6) is 1.83. The molecule has 2 aliphatic rings. The van der Waals surface area contributed by atoms with Crippen LogP contribution in [-0.4, -0.2) is 0 Å². The maximum Gasteiger partial charge on any atom is 0.132 e. The monoisotopic (exact) mass is 584 g/mol. The van der Waals surface area contributed by atoms with Gasteiger partial charge in [-0.15, -0.1) is 0 Å². The van der Waals surface area contributed by atoms with E-state index in [1.54, 1.807) is 0 Å². The highest BCUT2D eigenvalue weighted by Crippen LogP contribution is 2.62. The molecule has 1 heteroatoms. The zero-order valence-corrected chi connectivity index (χ0v) is 25.1. The molecule has 1 aliphatic carbocycles. The third-order valence-corrected chi connectivity index (χ3v) is 10.1. The van der Waals surface area contributed by atoms with Gasteiger partial charge in [0.2, 0.25) is 0 Å². The van der Waals surface area contributed by atoms with Crippen molar-refractivity contribution in [3.63, 3.8) is 0 Å². The van der Waals surface area contributed by atoms with E-state index < -0.39 is 5.41 Å². The Morgan fingerprint density at radius 2 is 0.870 bits per heavy atom. The fourth-order valence-electron chi connectivity index (χ4n) is 8.17. The highest BCUT2D eigenvalue weighted by Gasteiger charge is 2.50. The van der Waals surface area contributed by atoms with E-state index in [1.165, 1.54) is 77.2 Å². The van der Waals surface area contributed by atoms with Crippen LogP contribution in [-0.2, 0) is 5.41 Å². The lowest BCUT2D eigenvalue weighted by Crippen LogP contribution is -2.32. The molecule has 1 heterocycles. The number of hydrogen-bond acceptors (Lipinski definition) is 1. The van der Waals surface area contributed by atoms with Crippen molar-refractivity contribution < 1.29 is 4.74 Å². The van der Waals surface area contributed by atoms with E-state index in [0.29, 0.717) is 0 Å². The molecular formula is C45H28O. The van der Waals surface area contributed by atoms with Gasteiger partial charge in [-0.3, -0.25) is 0 Å². The molecule has 0 radical (unpaired) electrons. The Hall–Kier alpha value is -5.92. The lowest BCUT2D eigenvalue weighted by Gasteiger charge is -2.39. The maximum atomic E-state index is 6.64. The third-order valence-electron chi connectivity index (χ3n) is 10.1. The Bertz CT molecular complexity index is 2460. The number of hydrogen-bond donors (Lipinski definition) is 0. The first-order chi connectivity index (χ1) is 22.8. The predicted molar refractivity (Wildman–Crippen MR) is 190 cm³/mol. The van der Waals surface area contributed by atoms with Crippen molar-refractivity contribution in [3.8, 4) is 44.9 Å². The summed E-state index contributed by atoms with van der Waals surface area (Å²) in [4.78, 5) is 0. The lowest BCUT2D eigenvalue weighted by molar-refractivity contribution is 0.436. The van der Waals surface area contributed by atoms with Crippen LogP contribution in [0.1, 0.15) is 22.3 Å². The van der Waals surface area contributed by atoms with E-state index in [9.17, 15) is 0 Å². The van der Waals surface area contributed by atoms with E-state index in [-0.39, 0.29) is 0 Å². The van der Waals surface area contributed by atoms with Crippen molar-refractivity contribution in [2.24, 2.45) is 0 Å². The van der Waals surface area contributed by atoms with E-state index in [0.717, 1.165) is 11.5 Å². The molecule has 10 rings (SSSR count).